The minimum absolute atomic E-state index is 0.0621. The van der Waals surface area contributed by atoms with Crippen molar-refractivity contribution in [3.63, 3.8) is 0 Å². The molecule has 1 aromatic heterocycles. The van der Waals surface area contributed by atoms with Crippen LogP contribution in [0.15, 0.2) is 36.0 Å². The average molecular weight is 355 g/mol. The molecule has 0 bridgehead atoms. The highest BCUT2D eigenvalue weighted by Crippen LogP contribution is 2.30. The monoisotopic (exact) mass is 355 g/mol. The molecule has 138 valence electrons. The molecule has 0 saturated carbocycles. The highest BCUT2D eigenvalue weighted by atomic mass is 16.5. The summed E-state index contributed by atoms with van der Waals surface area (Å²) in [4.78, 5) is 13.5. The van der Waals surface area contributed by atoms with Crippen LogP contribution in [0.4, 0.5) is 0 Å². The maximum Gasteiger partial charge on any atom is 0.157 e. The van der Waals surface area contributed by atoms with Gasteiger partial charge in [0.1, 0.15) is 18.1 Å². The lowest BCUT2D eigenvalue weighted by atomic mass is 9.98. The Labute approximate surface area is 153 Å². The zero-order valence-electron chi connectivity index (χ0n) is 15.5. The quantitative estimate of drug-likeness (QED) is 0.806. The Morgan fingerprint density at radius 3 is 2.88 bits per heavy atom. The number of likely N-dealkylation sites (N-methyl/N-ethyl adjacent to an activating group) is 1. The number of phenols is 1. The van der Waals surface area contributed by atoms with E-state index in [-0.39, 0.29) is 17.4 Å². The van der Waals surface area contributed by atoms with Crippen molar-refractivity contribution in [2.24, 2.45) is 0 Å². The van der Waals surface area contributed by atoms with Crippen molar-refractivity contribution in [1.29, 1.82) is 0 Å². The fourth-order valence-corrected chi connectivity index (χ4v) is 3.27. The highest BCUT2D eigenvalue weighted by molar-refractivity contribution is 5.83. The molecule has 1 aliphatic rings. The predicted octanol–water partition coefficient (Wildman–Crippen LogP) is 3.15. The van der Waals surface area contributed by atoms with E-state index < -0.39 is 0 Å². The van der Waals surface area contributed by atoms with Crippen molar-refractivity contribution in [2.75, 3.05) is 26.7 Å². The van der Waals surface area contributed by atoms with Crippen molar-refractivity contribution in [1.82, 2.24) is 14.7 Å². The molecular formula is C20H25N3O3. The van der Waals surface area contributed by atoms with E-state index >= 15 is 0 Å². The number of ether oxygens (including phenoxy) is 1. The van der Waals surface area contributed by atoms with E-state index in [2.05, 4.69) is 30.9 Å². The second-order valence-corrected chi connectivity index (χ2v) is 6.92. The van der Waals surface area contributed by atoms with Gasteiger partial charge in [-0.2, -0.15) is 5.10 Å². The number of carbonyl (C=O) groups excluding carboxylic acids is 1. The second-order valence-electron chi connectivity index (χ2n) is 6.92. The Balaban J connectivity index is 1.91. The standard InChI is InChI=1S/C20H25N3O3/c1-14(2)23-18(7-9-21-23)16-11-22(3)10-8-15(16)13-26-20-6-4-5-19(25)17(20)12-24/h4-7,9,12,14,25H,8,10-11,13H2,1-3H3. The molecule has 2 heterocycles. The first kappa shape index (κ1) is 18.2. The van der Waals surface area contributed by atoms with Crippen LogP contribution in [0.2, 0.25) is 0 Å². The van der Waals surface area contributed by atoms with E-state index in [1.54, 1.807) is 12.1 Å². The molecule has 0 radical (unpaired) electrons. The van der Waals surface area contributed by atoms with Crippen molar-refractivity contribution >= 4 is 11.9 Å². The summed E-state index contributed by atoms with van der Waals surface area (Å²) < 4.78 is 7.94. The van der Waals surface area contributed by atoms with Gasteiger partial charge in [-0.3, -0.25) is 9.48 Å². The van der Waals surface area contributed by atoms with E-state index in [0.29, 0.717) is 18.6 Å². The van der Waals surface area contributed by atoms with Gasteiger partial charge < -0.3 is 14.7 Å². The molecule has 0 amide bonds. The van der Waals surface area contributed by atoms with Gasteiger partial charge in [-0.1, -0.05) is 6.07 Å². The molecule has 0 saturated heterocycles. The maximum atomic E-state index is 11.2. The number of aromatic hydroxyl groups is 1. The smallest absolute Gasteiger partial charge is 0.157 e. The third kappa shape index (κ3) is 3.65. The number of nitrogens with zero attached hydrogens (tertiary/aromatic N) is 3. The number of aldehydes is 1. The summed E-state index contributed by atoms with van der Waals surface area (Å²) in [6.45, 7) is 6.40. The third-order valence-corrected chi connectivity index (χ3v) is 4.68. The van der Waals surface area contributed by atoms with Crippen LogP contribution >= 0.6 is 0 Å². The number of hydrogen-bond donors (Lipinski definition) is 1. The Morgan fingerprint density at radius 1 is 1.35 bits per heavy atom. The minimum atomic E-state index is -0.0621. The average Bonchev–Trinajstić information content (AvgIpc) is 3.10. The van der Waals surface area contributed by atoms with Crippen molar-refractivity contribution in [2.45, 2.75) is 26.3 Å². The van der Waals surface area contributed by atoms with Gasteiger partial charge in [0.05, 0.1) is 11.3 Å². The molecule has 0 spiro atoms. The van der Waals surface area contributed by atoms with Gasteiger partial charge in [-0.25, -0.2) is 0 Å². The molecule has 0 aliphatic carbocycles. The van der Waals surface area contributed by atoms with Crippen molar-refractivity contribution < 1.29 is 14.6 Å². The summed E-state index contributed by atoms with van der Waals surface area (Å²) in [7, 11) is 2.10. The lowest BCUT2D eigenvalue weighted by Crippen LogP contribution is -2.30. The van der Waals surface area contributed by atoms with Gasteiger partial charge in [0.25, 0.3) is 0 Å². The summed E-state index contributed by atoms with van der Waals surface area (Å²) in [6.07, 6.45) is 3.35. The van der Waals surface area contributed by atoms with E-state index in [1.165, 1.54) is 17.2 Å². The molecule has 1 N–H and O–H groups in total. The molecule has 3 rings (SSSR count). The number of benzene rings is 1. The minimum Gasteiger partial charge on any atom is -0.507 e. The molecule has 1 aliphatic heterocycles. The molecule has 2 aromatic rings. The SMILES string of the molecule is CC(C)n1nccc1C1=C(COc2cccc(O)c2C=O)CCN(C)C1. The first-order chi connectivity index (χ1) is 12.5. The number of aromatic nitrogens is 2. The summed E-state index contributed by atoms with van der Waals surface area (Å²) in [5.74, 6) is 0.344. The van der Waals surface area contributed by atoms with Crippen LogP contribution in [0.25, 0.3) is 5.57 Å². The van der Waals surface area contributed by atoms with Gasteiger partial charge in [0.2, 0.25) is 0 Å². The lowest BCUT2D eigenvalue weighted by Gasteiger charge is -2.29. The molecule has 0 atom stereocenters. The summed E-state index contributed by atoms with van der Waals surface area (Å²) in [6, 6.07) is 7.18. The Bertz CT molecular complexity index is 823. The molecule has 6 nitrogen and oxygen atoms in total. The van der Waals surface area contributed by atoms with Gasteiger partial charge in [0, 0.05) is 25.3 Å². The van der Waals surface area contributed by atoms with Crippen LogP contribution in [0.1, 0.15) is 42.4 Å². The zero-order chi connectivity index (χ0) is 18.7. The first-order valence-electron chi connectivity index (χ1n) is 8.84. The lowest BCUT2D eigenvalue weighted by molar-refractivity contribution is 0.111. The summed E-state index contributed by atoms with van der Waals surface area (Å²) in [5, 5.41) is 14.3. The number of carbonyl (C=O) groups is 1. The maximum absolute atomic E-state index is 11.2. The fraction of sp³-hybridized carbons (Fsp3) is 0.400. The van der Waals surface area contributed by atoms with Gasteiger partial charge in [-0.05, 0) is 56.7 Å². The Hall–Kier alpha value is -2.60. The number of rotatable bonds is 6. The fourth-order valence-electron chi connectivity index (χ4n) is 3.27. The molecular weight excluding hydrogens is 330 g/mol. The number of hydrogen-bond acceptors (Lipinski definition) is 5. The van der Waals surface area contributed by atoms with E-state index in [4.69, 9.17) is 4.74 Å². The van der Waals surface area contributed by atoms with Crippen LogP contribution in [-0.2, 0) is 0 Å². The normalized spacial score (nSPS) is 15.5. The Kier molecular flexibility index (Phi) is 5.42. The largest absolute Gasteiger partial charge is 0.507 e. The molecule has 26 heavy (non-hydrogen) atoms. The topological polar surface area (TPSA) is 67.6 Å². The van der Waals surface area contributed by atoms with E-state index in [0.717, 1.165) is 25.2 Å². The van der Waals surface area contributed by atoms with Gasteiger partial charge in [-0.15, -0.1) is 0 Å². The molecule has 6 heteroatoms. The highest BCUT2D eigenvalue weighted by Gasteiger charge is 2.22. The summed E-state index contributed by atoms with van der Waals surface area (Å²) in [5.41, 5.74) is 3.72. The van der Waals surface area contributed by atoms with E-state index in [9.17, 15) is 9.90 Å². The summed E-state index contributed by atoms with van der Waals surface area (Å²) >= 11 is 0. The molecule has 1 aromatic carbocycles. The molecule has 0 unspecified atom stereocenters. The van der Waals surface area contributed by atoms with Gasteiger partial charge >= 0.3 is 0 Å². The number of phenolic OH excluding ortho intramolecular Hbond substituents is 1. The van der Waals surface area contributed by atoms with Crippen LogP contribution in [0.5, 0.6) is 11.5 Å². The van der Waals surface area contributed by atoms with Crippen LogP contribution in [0, 0.1) is 0 Å². The Morgan fingerprint density at radius 2 is 2.15 bits per heavy atom. The van der Waals surface area contributed by atoms with Crippen LogP contribution in [0.3, 0.4) is 0 Å². The first-order valence-corrected chi connectivity index (χ1v) is 8.84. The van der Waals surface area contributed by atoms with E-state index in [1.807, 2.05) is 16.9 Å². The molecule has 0 fully saturated rings. The zero-order valence-corrected chi connectivity index (χ0v) is 15.5. The van der Waals surface area contributed by atoms with Crippen molar-refractivity contribution in [3.05, 3.63) is 47.3 Å². The van der Waals surface area contributed by atoms with Crippen LogP contribution < -0.4 is 4.74 Å². The third-order valence-electron chi connectivity index (χ3n) is 4.68. The van der Waals surface area contributed by atoms with Crippen molar-refractivity contribution in [3.8, 4) is 11.5 Å². The van der Waals surface area contributed by atoms with Crippen LogP contribution in [-0.4, -0.2) is 52.8 Å². The predicted molar refractivity (Wildman–Crippen MR) is 101 cm³/mol. The second kappa shape index (κ2) is 7.74. The van der Waals surface area contributed by atoms with Gasteiger partial charge in [0.15, 0.2) is 6.29 Å².